The van der Waals surface area contributed by atoms with E-state index in [2.05, 4.69) is 20.0 Å². The van der Waals surface area contributed by atoms with Gasteiger partial charge in [-0.15, -0.1) is 20.2 Å². The average molecular weight is 422 g/mol. The maximum Gasteiger partial charge on any atom is 0.294 e. The Kier molecular flexibility index (Phi) is 6.24. The van der Waals surface area contributed by atoms with E-state index in [-0.39, 0.29) is 18.6 Å². The minimum Gasteiger partial charge on any atom is -0.352 e. The predicted octanol–water partition coefficient (Wildman–Crippen LogP) is -0.492. The van der Waals surface area contributed by atoms with Crippen molar-refractivity contribution < 1.29 is 24.6 Å². The molecule has 0 saturated carbocycles. The van der Waals surface area contributed by atoms with Gasteiger partial charge in [0, 0.05) is 19.6 Å². The molecule has 2 heterocycles. The van der Waals surface area contributed by atoms with E-state index in [9.17, 15) is 29.8 Å². The standard InChI is InChI=1S/C16H18N6O8/c23-14(17-8-11(30-22(27)28)10-29-21(25)26)9-19-6-3-7-20-15(24)12-4-1-2-5-13(12)18-16(19)20/h1-2,4-5,11H,3,6-10H2,(H,17,23). The minimum atomic E-state index is -1.35. The Morgan fingerprint density at radius 2 is 2.00 bits per heavy atom. The highest BCUT2D eigenvalue weighted by molar-refractivity contribution is 5.82. The van der Waals surface area contributed by atoms with Crippen LogP contribution in [0.25, 0.3) is 10.9 Å². The molecule has 0 saturated heterocycles. The summed E-state index contributed by atoms with van der Waals surface area (Å²) < 4.78 is 1.50. The summed E-state index contributed by atoms with van der Waals surface area (Å²) in [5.41, 5.74) is 0.314. The van der Waals surface area contributed by atoms with Gasteiger partial charge in [-0.2, -0.15) is 0 Å². The number of amides is 1. The summed E-state index contributed by atoms with van der Waals surface area (Å²) in [5.74, 6) is -0.168. The molecule has 30 heavy (non-hydrogen) atoms. The van der Waals surface area contributed by atoms with Crippen molar-refractivity contribution in [1.82, 2.24) is 14.9 Å². The molecule has 1 aromatic heterocycles. The van der Waals surface area contributed by atoms with Gasteiger partial charge in [0.05, 0.1) is 17.4 Å². The van der Waals surface area contributed by atoms with Gasteiger partial charge in [0.15, 0.2) is 0 Å². The van der Waals surface area contributed by atoms with Crippen molar-refractivity contribution in [3.8, 4) is 0 Å². The average Bonchev–Trinajstić information content (AvgIpc) is 2.70. The van der Waals surface area contributed by atoms with Crippen LogP contribution in [0.3, 0.4) is 0 Å². The Morgan fingerprint density at radius 1 is 1.23 bits per heavy atom. The van der Waals surface area contributed by atoms with Gasteiger partial charge in [0.1, 0.15) is 12.7 Å². The minimum absolute atomic E-state index is 0.161. The molecule has 14 nitrogen and oxygen atoms in total. The van der Waals surface area contributed by atoms with E-state index in [0.29, 0.717) is 36.4 Å². The van der Waals surface area contributed by atoms with Crippen LogP contribution in [0.1, 0.15) is 6.42 Å². The molecule has 1 aliphatic heterocycles. The van der Waals surface area contributed by atoms with Crippen LogP contribution in [0.15, 0.2) is 29.1 Å². The first-order valence-electron chi connectivity index (χ1n) is 8.95. The van der Waals surface area contributed by atoms with E-state index in [1.54, 1.807) is 29.2 Å². The summed E-state index contributed by atoms with van der Waals surface area (Å²) in [4.78, 5) is 60.2. The quantitative estimate of drug-likeness (QED) is 0.410. The first-order valence-corrected chi connectivity index (χ1v) is 8.95. The molecule has 0 spiro atoms. The van der Waals surface area contributed by atoms with Gasteiger partial charge in [-0.05, 0) is 18.6 Å². The summed E-state index contributed by atoms with van der Waals surface area (Å²) in [6, 6.07) is 6.90. The molecule has 1 unspecified atom stereocenters. The maximum absolute atomic E-state index is 12.7. The van der Waals surface area contributed by atoms with E-state index in [1.807, 2.05) is 0 Å². The lowest BCUT2D eigenvalue weighted by Crippen LogP contribution is -2.46. The number of hydrogen-bond donors (Lipinski definition) is 1. The van der Waals surface area contributed by atoms with Crippen LogP contribution < -0.4 is 15.8 Å². The summed E-state index contributed by atoms with van der Waals surface area (Å²) in [5, 5.41) is 21.4. The lowest BCUT2D eigenvalue weighted by Gasteiger charge is -2.30. The molecule has 1 N–H and O–H groups in total. The normalized spacial score (nSPS) is 13.9. The Bertz CT molecular complexity index is 1020. The molecular weight excluding hydrogens is 404 g/mol. The monoisotopic (exact) mass is 422 g/mol. The lowest BCUT2D eigenvalue weighted by molar-refractivity contribution is -0.789. The van der Waals surface area contributed by atoms with Crippen LogP contribution in [0.4, 0.5) is 5.95 Å². The molecule has 0 fully saturated rings. The van der Waals surface area contributed by atoms with E-state index in [4.69, 9.17) is 0 Å². The summed E-state index contributed by atoms with van der Waals surface area (Å²) in [6.45, 7) is -0.298. The van der Waals surface area contributed by atoms with E-state index in [0.717, 1.165) is 0 Å². The van der Waals surface area contributed by atoms with E-state index >= 15 is 0 Å². The second kappa shape index (κ2) is 9.02. The van der Waals surface area contributed by atoms with Gasteiger partial charge in [-0.1, -0.05) is 12.1 Å². The Hall–Kier alpha value is -3.97. The van der Waals surface area contributed by atoms with Crippen LogP contribution in [0.2, 0.25) is 0 Å². The molecule has 1 aliphatic rings. The van der Waals surface area contributed by atoms with Gasteiger partial charge in [0.2, 0.25) is 11.9 Å². The number of fused-ring (bicyclic) bond motifs is 2. The number of aromatic nitrogens is 2. The van der Waals surface area contributed by atoms with Crippen molar-refractivity contribution in [3.05, 3.63) is 54.8 Å². The zero-order valence-corrected chi connectivity index (χ0v) is 15.6. The highest BCUT2D eigenvalue weighted by Crippen LogP contribution is 2.19. The summed E-state index contributed by atoms with van der Waals surface area (Å²) in [7, 11) is 0. The largest absolute Gasteiger partial charge is 0.352 e. The van der Waals surface area contributed by atoms with Crippen molar-refractivity contribution in [2.75, 3.05) is 31.1 Å². The van der Waals surface area contributed by atoms with Crippen LogP contribution in [0.5, 0.6) is 0 Å². The highest BCUT2D eigenvalue weighted by Gasteiger charge is 2.24. The van der Waals surface area contributed by atoms with Crippen LogP contribution in [0, 0.1) is 20.2 Å². The van der Waals surface area contributed by atoms with Gasteiger partial charge >= 0.3 is 0 Å². The first-order chi connectivity index (χ1) is 14.3. The predicted molar refractivity (Wildman–Crippen MR) is 101 cm³/mol. The molecule has 0 aliphatic carbocycles. The number of hydrogen-bond acceptors (Lipinski definition) is 10. The third-order valence-electron chi connectivity index (χ3n) is 4.40. The highest BCUT2D eigenvalue weighted by atomic mass is 17.0. The number of anilines is 1. The van der Waals surface area contributed by atoms with Gasteiger partial charge < -0.3 is 19.9 Å². The number of nitrogens with one attached hydrogen (secondary N) is 1. The van der Waals surface area contributed by atoms with Crippen LogP contribution >= 0.6 is 0 Å². The van der Waals surface area contributed by atoms with Gasteiger partial charge in [-0.3, -0.25) is 14.2 Å². The van der Waals surface area contributed by atoms with Crippen molar-refractivity contribution in [2.24, 2.45) is 0 Å². The maximum atomic E-state index is 12.7. The fraction of sp³-hybridized carbons (Fsp3) is 0.438. The summed E-state index contributed by atoms with van der Waals surface area (Å²) in [6.07, 6.45) is -0.725. The van der Waals surface area contributed by atoms with Crippen molar-refractivity contribution in [2.45, 2.75) is 19.1 Å². The smallest absolute Gasteiger partial charge is 0.294 e. The van der Waals surface area contributed by atoms with Crippen molar-refractivity contribution in [3.63, 3.8) is 0 Å². The zero-order chi connectivity index (χ0) is 21.7. The molecular formula is C16H18N6O8. The number of rotatable bonds is 9. The van der Waals surface area contributed by atoms with Crippen molar-refractivity contribution in [1.29, 1.82) is 0 Å². The number of carbonyl (C=O) groups is 1. The number of nitrogens with zero attached hydrogens (tertiary/aromatic N) is 5. The number of para-hydroxylation sites is 1. The second-order valence-corrected chi connectivity index (χ2v) is 6.44. The molecule has 1 amide bonds. The van der Waals surface area contributed by atoms with Gasteiger partial charge in [0.25, 0.3) is 15.7 Å². The first kappa shape index (κ1) is 20.8. The Labute approximate surface area is 168 Å². The topological polar surface area (TPSA) is 172 Å². The fourth-order valence-corrected chi connectivity index (χ4v) is 3.12. The molecule has 2 aromatic rings. The van der Waals surface area contributed by atoms with Gasteiger partial charge in [-0.25, -0.2) is 4.98 Å². The molecule has 160 valence electrons. The fourth-order valence-electron chi connectivity index (χ4n) is 3.12. The second-order valence-electron chi connectivity index (χ2n) is 6.44. The summed E-state index contributed by atoms with van der Waals surface area (Å²) >= 11 is 0. The van der Waals surface area contributed by atoms with Crippen LogP contribution in [-0.2, 0) is 21.0 Å². The van der Waals surface area contributed by atoms with E-state index < -0.39 is 28.8 Å². The number of benzene rings is 1. The molecule has 1 aromatic carbocycles. The molecule has 14 heteroatoms. The number of carbonyl (C=O) groups excluding carboxylic acids is 1. The molecule has 0 radical (unpaired) electrons. The van der Waals surface area contributed by atoms with E-state index in [1.165, 1.54) is 4.57 Å². The molecule has 0 bridgehead atoms. The van der Waals surface area contributed by atoms with Crippen LogP contribution in [-0.4, -0.2) is 58.0 Å². The Balaban J connectivity index is 1.68. The van der Waals surface area contributed by atoms with Crippen molar-refractivity contribution >= 4 is 22.8 Å². The lowest BCUT2D eigenvalue weighted by atomic mass is 10.2. The Morgan fingerprint density at radius 3 is 2.73 bits per heavy atom. The molecule has 3 rings (SSSR count). The SMILES string of the molecule is O=C(CN1CCCn2c1nc1ccccc1c2=O)NCC(CO[N+](=O)[O-])O[N+](=O)[O-]. The third-order valence-corrected chi connectivity index (χ3v) is 4.40. The third kappa shape index (κ3) is 4.89. The zero-order valence-electron chi connectivity index (χ0n) is 15.6. The molecule has 1 atom stereocenters.